The summed E-state index contributed by atoms with van der Waals surface area (Å²) in [5.41, 5.74) is 2.82. The molecule has 50 heavy (non-hydrogen) atoms. The third kappa shape index (κ3) is 9.15. The Morgan fingerprint density at radius 1 is 0.980 bits per heavy atom. The number of likely N-dealkylation sites (tertiary alicyclic amines) is 1. The first-order valence-electron chi connectivity index (χ1n) is 17.1. The third-order valence-electron chi connectivity index (χ3n) is 9.06. The fourth-order valence-electron chi connectivity index (χ4n) is 5.95. The second-order valence-corrected chi connectivity index (χ2v) is 15.4. The van der Waals surface area contributed by atoms with Crippen LogP contribution in [0.5, 0.6) is 0 Å². The molecule has 1 N–H and O–H groups in total. The third-order valence-corrected chi connectivity index (χ3v) is 9.31. The van der Waals surface area contributed by atoms with E-state index < -0.39 is 11.7 Å². The van der Waals surface area contributed by atoms with Gasteiger partial charge in [0.15, 0.2) is 0 Å². The number of carbonyl (C=O) groups excluding carboxylic acids is 3. The highest BCUT2D eigenvalue weighted by atomic mass is 35.5. The maximum Gasteiger partial charge on any atom is 0.410 e. The van der Waals surface area contributed by atoms with Crippen LogP contribution in [0.1, 0.15) is 82.8 Å². The summed E-state index contributed by atoms with van der Waals surface area (Å²) in [6.45, 7) is 15.4. The van der Waals surface area contributed by atoms with E-state index in [2.05, 4.69) is 26.1 Å². The van der Waals surface area contributed by atoms with Gasteiger partial charge < -0.3 is 23.8 Å². The molecule has 4 aromatic rings. The molecule has 2 heterocycles. The molecule has 5 rings (SSSR count). The average molecular weight is 702 g/mol. The van der Waals surface area contributed by atoms with Gasteiger partial charge in [-0.3, -0.25) is 10.1 Å². The summed E-state index contributed by atoms with van der Waals surface area (Å²) in [5.74, 6) is 0.0236. The Kier molecular flexibility index (Phi) is 11.1. The van der Waals surface area contributed by atoms with Crippen molar-refractivity contribution >= 4 is 46.7 Å². The van der Waals surface area contributed by atoms with E-state index in [4.69, 9.17) is 26.1 Å². The van der Waals surface area contributed by atoms with Crippen molar-refractivity contribution in [3.63, 3.8) is 0 Å². The van der Waals surface area contributed by atoms with Crippen LogP contribution in [0.4, 0.5) is 15.5 Å². The van der Waals surface area contributed by atoms with Gasteiger partial charge in [0.2, 0.25) is 5.95 Å². The van der Waals surface area contributed by atoms with Crippen LogP contribution in [-0.4, -0.2) is 61.7 Å². The highest BCUT2D eigenvalue weighted by Gasteiger charge is 2.34. The van der Waals surface area contributed by atoms with Crippen molar-refractivity contribution in [1.82, 2.24) is 19.4 Å². The number of nitrogens with zero attached hydrogens (tertiary/aromatic N) is 4. The fourth-order valence-corrected chi connectivity index (χ4v) is 6.08. The Hall–Kier alpha value is -4.57. The molecule has 1 aromatic heterocycles. The Morgan fingerprint density at radius 2 is 1.68 bits per heavy atom. The van der Waals surface area contributed by atoms with Gasteiger partial charge in [0.25, 0.3) is 5.91 Å². The quantitative estimate of drug-likeness (QED) is 0.187. The van der Waals surface area contributed by atoms with Gasteiger partial charge in [0.1, 0.15) is 12.2 Å². The zero-order chi connectivity index (χ0) is 36.2. The van der Waals surface area contributed by atoms with E-state index in [9.17, 15) is 14.4 Å². The first-order valence-corrected chi connectivity index (χ1v) is 17.5. The molecule has 1 aliphatic heterocycles. The number of nitrogens with one attached hydrogen (secondary N) is 1. The molecule has 3 amide bonds. The number of halogens is 1. The second-order valence-electron chi connectivity index (χ2n) is 15.0. The number of amides is 3. The van der Waals surface area contributed by atoms with Gasteiger partial charge in [-0.1, -0.05) is 68.8 Å². The summed E-state index contributed by atoms with van der Waals surface area (Å²) in [6.07, 6.45) is 0.869. The van der Waals surface area contributed by atoms with Crippen LogP contribution >= 0.6 is 11.6 Å². The summed E-state index contributed by atoms with van der Waals surface area (Å²) in [6, 6.07) is 21.8. The monoisotopic (exact) mass is 701 g/mol. The molecule has 0 saturated carbocycles. The molecule has 2 unspecified atom stereocenters. The minimum absolute atomic E-state index is 0.144. The Bertz CT molecular complexity index is 1810. The molecule has 266 valence electrons. The summed E-state index contributed by atoms with van der Waals surface area (Å²) in [4.78, 5) is 48.5. The van der Waals surface area contributed by atoms with Crippen LogP contribution in [0.15, 0.2) is 72.8 Å². The van der Waals surface area contributed by atoms with Crippen LogP contribution in [0, 0.1) is 5.41 Å². The van der Waals surface area contributed by atoms with Crippen molar-refractivity contribution in [1.29, 1.82) is 0 Å². The van der Waals surface area contributed by atoms with E-state index in [-0.39, 0.29) is 36.1 Å². The summed E-state index contributed by atoms with van der Waals surface area (Å²) in [7, 11) is 0. The summed E-state index contributed by atoms with van der Waals surface area (Å²) >= 11 is 6.07. The topological polar surface area (TPSA) is 106 Å². The van der Waals surface area contributed by atoms with Crippen LogP contribution in [-0.2, 0) is 29.2 Å². The molecule has 1 aliphatic rings. The van der Waals surface area contributed by atoms with Crippen LogP contribution < -0.4 is 5.32 Å². The molecule has 10 nitrogen and oxygen atoms in total. The molecule has 1 fully saturated rings. The van der Waals surface area contributed by atoms with Crippen molar-refractivity contribution in [2.45, 2.75) is 98.7 Å². The number of fused-ring (bicyclic) bond motifs is 1. The molecule has 11 heteroatoms. The van der Waals surface area contributed by atoms with E-state index in [1.807, 2.05) is 80.8 Å². The lowest BCUT2D eigenvalue weighted by molar-refractivity contribution is 0.0214. The predicted molar refractivity (Wildman–Crippen MR) is 196 cm³/mol. The zero-order valence-electron chi connectivity index (χ0n) is 30.0. The lowest BCUT2D eigenvalue weighted by Crippen LogP contribution is -2.45. The molecule has 1 saturated heterocycles. The Balaban J connectivity index is 1.46. The van der Waals surface area contributed by atoms with Crippen molar-refractivity contribution in [3.05, 3.63) is 94.5 Å². The Labute approximate surface area is 299 Å². The number of ether oxygens (including phenoxy) is 2. The molecular formula is C39H48ClN5O5. The lowest BCUT2D eigenvalue weighted by Gasteiger charge is -2.37. The number of benzene rings is 3. The number of imidazole rings is 1. The fraction of sp³-hybridized carbons (Fsp3) is 0.436. The van der Waals surface area contributed by atoms with E-state index >= 15 is 0 Å². The lowest BCUT2D eigenvalue weighted by atomic mass is 9.87. The average Bonchev–Trinajstić information content (AvgIpc) is 3.66. The minimum atomic E-state index is -0.619. The van der Waals surface area contributed by atoms with Crippen molar-refractivity contribution in [2.24, 2.45) is 5.41 Å². The predicted octanol–water partition coefficient (Wildman–Crippen LogP) is 8.91. The molecule has 0 spiro atoms. The van der Waals surface area contributed by atoms with Crippen molar-refractivity contribution < 1.29 is 23.9 Å². The van der Waals surface area contributed by atoms with E-state index in [0.29, 0.717) is 41.7 Å². The largest absolute Gasteiger partial charge is 0.445 e. The number of anilines is 1. The molecule has 0 bridgehead atoms. The summed E-state index contributed by atoms with van der Waals surface area (Å²) < 4.78 is 13.5. The van der Waals surface area contributed by atoms with Gasteiger partial charge in [-0.25, -0.2) is 14.6 Å². The van der Waals surface area contributed by atoms with Crippen molar-refractivity contribution in [2.75, 3.05) is 11.9 Å². The molecule has 0 aliphatic carbocycles. The normalized spacial score (nSPS) is 15.5. The standard InChI is InChI=1S/C39H48ClN5O5/c1-26(38(2,3)4)44(36(47)49-25-27-12-9-8-10-13-27)23-28-15-20-33-32(22-28)41-35(42-34(46)29-16-18-30(40)19-17-29)45(33)24-31-14-11-21-43(31)37(48)50-39(5,6)7/h8-10,12-13,15-20,22,26,31H,11,14,21,23-25H2,1-7H3,(H,41,42,46). The van der Waals surface area contributed by atoms with Gasteiger partial charge in [-0.15, -0.1) is 0 Å². The highest BCUT2D eigenvalue weighted by Crippen LogP contribution is 2.30. The zero-order valence-corrected chi connectivity index (χ0v) is 30.8. The van der Waals surface area contributed by atoms with Crippen LogP contribution in [0.25, 0.3) is 11.0 Å². The molecule has 2 atom stereocenters. The van der Waals surface area contributed by atoms with Crippen molar-refractivity contribution in [3.8, 4) is 0 Å². The maximum atomic E-state index is 13.6. The minimum Gasteiger partial charge on any atom is -0.445 e. The van der Waals surface area contributed by atoms with Gasteiger partial charge in [0.05, 0.1) is 17.1 Å². The highest BCUT2D eigenvalue weighted by molar-refractivity contribution is 6.30. The SMILES string of the molecule is CC(N(Cc1ccc2c(c1)nc(NC(=O)c1ccc(Cl)cc1)n2CC1CCCN1C(=O)OC(C)(C)C)C(=O)OCc1ccccc1)C(C)(C)C. The number of carbonyl (C=O) groups is 3. The molecule has 3 aromatic carbocycles. The summed E-state index contributed by atoms with van der Waals surface area (Å²) in [5, 5.41) is 3.52. The number of hydrogen-bond acceptors (Lipinski definition) is 6. The van der Waals surface area contributed by atoms with Crippen LogP contribution in [0.2, 0.25) is 5.02 Å². The number of rotatable bonds is 9. The second kappa shape index (κ2) is 15.1. The van der Waals surface area contributed by atoms with Gasteiger partial charge >= 0.3 is 12.2 Å². The maximum absolute atomic E-state index is 13.6. The van der Waals surface area contributed by atoms with E-state index in [1.165, 1.54) is 0 Å². The van der Waals surface area contributed by atoms with Crippen LogP contribution in [0.3, 0.4) is 0 Å². The number of hydrogen-bond donors (Lipinski definition) is 1. The smallest absolute Gasteiger partial charge is 0.410 e. The van der Waals surface area contributed by atoms with Gasteiger partial charge in [-0.2, -0.15) is 0 Å². The van der Waals surface area contributed by atoms with E-state index in [1.54, 1.807) is 34.1 Å². The first-order chi connectivity index (χ1) is 23.6. The first kappa shape index (κ1) is 36.7. The molecular weight excluding hydrogens is 654 g/mol. The van der Waals surface area contributed by atoms with Gasteiger partial charge in [0, 0.05) is 36.3 Å². The van der Waals surface area contributed by atoms with Gasteiger partial charge in [-0.05, 0) is 93.5 Å². The number of aromatic nitrogens is 2. The molecule has 0 radical (unpaired) electrons. The Morgan fingerprint density at radius 3 is 2.34 bits per heavy atom. The van der Waals surface area contributed by atoms with E-state index in [0.717, 1.165) is 29.5 Å².